The molecule has 3 aliphatic rings. The second kappa shape index (κ2) is 5.89. The Morgan fingerprint density at radius 1 is 0.692 bits per heavy atom. The lowest BCUT2D eigenvalue weighted by atomic mass is 9.92. The van der Waals surface area contributed by atoms with Crippen LogP contribution in [0.3, 0.4) is 0 Å². The normalized spacial score (nSPS) is 37.5. The van der Waals surface area contributed by atoms with E-state index in [1.54, 1.807) is 0 Å². The van der Waals surface area contributed by atoms with Crippen molar-refractivity contribution in [3.8, 4) is 0 Å². The first-order valence-electron chi connectivity index (χ1n) is 9.55. The van der Waals surface area contributed by atoms with Crippen molar-refractivity contribution < 1.29 is 9.47 Å². The zero-order valence-corrected chi connectivity index (χ0v) is 15.5. The average Bonchev–Trinajstić information content (AvgIpc) is 3.21. The summed E-state index contributed by atoms with van der Waals surface area (Å²) in [4.78, 5) is 5.01. The molecule has 2 aromatic carbocycles. The molecule has 3 saturated heterocycles. The molecule has 4 atom stereocenters. The van der Waals surface area contributed by atoms with Gasteiger partial charge in [-0.15, -0.1) is 0 Å². The van der Waals surface area contributed by atoms with Crippen molar-refractivity contribution in [3.63, 3.8) is 0 Å². The van der Waals surface area contributed by atoms with Crippen LogP contribution in [0.5, 0.6) is 0 Å². The molecule has 0 aromatic heterocycles. The van der Waals surface area contributed by atoms with Crippen LogP contribution in [-0.2, 0) is 9.47 Å². The van der Waals surface area contributed by atoms with Gasteiger partial charge in [-0.3, -0.25) is 9.80 Å². The number of benzene rings is 2. The van der Waals surface area contributed by atoms with Crippen LogP contribution in [0, 0.1) is 0 Å². The van der Waals surface area contributed by atoms with Gasteiger partial charge in [0.25, 0.3) is 0 Å². The summed E-state index contributed by atoms with van der Waals surface area (Å²) in [5.74, 6) is 0. The van der Waals surface area contributed by atoms with Crippen LogP contribution in [0.2, 0.25) is 0 Å². The van der Waals surface area contributed by atoms with Crippen molar-refractivity contribution in [3.05, 3.63) is 71.8 Å². The van der Waals surface area contributed by atoms with Crippen LogP contribution >= 0.6 is 0 Å². The monoisotopic (exact) mass is 350 g/mol. The molecule has 2 aromatic rings. The maximum atomic E-state index is 6.47. The molecule has 0 bridgehead atoms. The smallest absolute Gasteiger partial charge is 0.162 e. The van der Waals surface area contributed by atoms with Crippen molar-refractivity contribution >= 4 is 0 Å². The number of nitrogens with zero attached hydrogens (tertiary/aromatic N) is 2. The minimum atomic E-state index is -0.449. The Morgan fingerprint density at radius 2 is 1.08 bits per heavy atom. The fraction of sp³-hybridized carbons (Fsp3) is 0.455. The first-order valence-corrected chi connectivity index (χ1v) is 9.55. The van der Waals surface area contributed by atoms with Gasteiger partial charge in [-0.1, -0.05) is 60.7 Å². The van der Waals surface area contributed by atoms with E-state index in [4.69, 9.17) is 9.47 Å². The van der Waals surface area contributed by atoms with E-state index in [1.807, 2.05) is 0 Å². The molecule has 4 nitrogen and oxygen atoms in total. The highest BCUT2D eigenvalue weighted by molar-refractivity contribution is 5.25. The van der Waals surface area contributed by atoms with E-state index in [2.05, 4.69) is 84.3 Å². The van der Waals surface area contributed by atoms with Crippen LogP contribution in [0.25, 0.3) is 0 Å². The molecule has 3 aliphatic heterocycles. The van der Waals surface area contributed by atoms with E-state index >= 15 is 0 Å². The summed E-state index contributed by atoms with van der Waals surface area (Å²) in [7, 11) is 0. The molecule has 5 rings (SSSR count). The highest BCUT2D eigenvalue weighted by Crippen LogP contribution is 2.53. The molecule has 4 heteroatoms. The van der Waals surface area contributed by atoms with Crippen LogP contribution in [-0.4, -0.2) is 47.6 Å². The second-order valence-electron chi connectivity index (χ2n) is 7.83. The minimum Gasteiger partial charge on any atom is -0.354 e. The number of rotatable bonds is 2. The first-order chi connectivity index (χ1) is 12.6. The lowest BCUT2D eigenvalue weighted by molar-refractivity contribution is -0.274. The maximum absolute atomic E-state index is 6.47. The van der Waals surface area contributed by atoms with E-state index in [9.17, 15) is 0 Å². The summed E-state index contributed by atoms with van der Waals surface area (Å²) >= 11 is 0. The van der Waals surface area contributed by atoms with Crippen molar-refractivity contribution in [2.45, 2.75) is 37.4 Å². The fourth-order valence-corrected chi connectivity index (χ4v) is 5.08. The van der Waals surface area contributed by atoms with Gasteiger partial charge in [-0.25, -0.2) is 0 Å². The van der Waals surface area contributed by atoms with Crippen LogP contribution in [0.15, 0.2) is 60.7 Å². The Labute approximate surface area is 155 Å². The van der Waals surface area contributed by atoms with Crippen LogP contribution in [0.4, 0.5) is 0 Å². The lowest BCUT2D eigenvalue weighted by Crippen LogP contribution is -2.70. The van der Waals surface area contributed by atoms with E-state index in [-0.39, 0.29) is 0 Å². The number of hydrogen-bond donors (Lipinski definition) is 0. The molecule has 0 unspecified atom stereocenters. The van der Waals surface area contributed by atoms with Gasteiger partial charge >= 0.3 is 0 Å². The molecule has 3 fully saturated rings. The Hall–Kier alpha value is -1.72. The Balaban J connectivity index is 1.48. The highest BCUT2D eigenvalue weighted by atomic mass is 16.6. The van der Waals surface area contributed by atoms with Crippen LogP contribution in [0.1, 0.15) is 37.1 Å². The highest BCUT2D eigenvalue weighted by Gasteiger charge is 2.65. The number of ether oxygens (including phenoxy) is 2. The predicted molar refractivity (Wildman–Crippen MR) is 100 cm³/mol. The van der Waals surface area contributed by atoms with Gasteiger partial charge in [0.15, 0.2) is 11.4 Å². The third-order valence-corrected chi connectivity index (χ3v) is 6.70. The Morgan fingerprint density at radius 3 is 1.46 bits per heavy atom. The molecule has 0 aliphatic carbocycles. The van der Waals surface area contributed by atoms with Gasteiger partial charge in [-0.2, -0.15) is 0 Å². The third kappa shape index (κ3) is 2.16. The van der Waals surface area contributed by atoms with Gasteiger partial charge in [0, 0.05) is 13.1 Å². The largest absolute Gasteiger partial charge is 0.354 e. The molecule has 136 valence electrons. The molecule has 3 heterocycles. The van der Waals surface area contributed by atoms with E-state index < -0.39 is 11.4 Å². The molecular formula is C22H26N2O2. The molecule has 26 heavy (non-hydrogen) atoms. The summed E-state index contributed by atoms with van der Waals surface area (Å²) in [6.07, 6.45) is 0. The van der Waals surface area contributed by atoms with Gasteiger partial charge in [0.2, 0.25) is 0 Å². The minimum absolute atomic E-state index is 0.291. The number of fused-ring (bicyclic) bond motifs is 3. The van der Waals surface area contributed by atoms with Crippen molar-refractivity contribution in [1.29, 1.82) is 0 Å². The van der Waals surface area contributed by atoms with Gasteiger partial charge < -0.3 is 9.47 Å². The fourth-order valence-electron chi connectivity index (χ4n) is 5.08. The standard InChI is InChI=1S/C22H26N2O2/c1-21-22(2)24(20(16-26-22)18-11-7-4-8-12-18)14-13-23(21)19(15-25-21)17-9-5-3-6-10-17/h3-12,19-20H,13-16H2,1-2H3/t19-,20-,21+,22+/m0/s1. The third-order valence-electron chi connectivity index (χ3n) is 6.70. The van der Waals surface area contributed by atoms with Crippen molar-refractivity contribution in [2.24, 2.45) is 0 Å². The van der Waals surface area contributed by atoms with Crippen LogP contribution < -0.4 is 0 Å². The van der Waals surface area contributed by atoms with E-state index in [0.717, 1.165) is 13.1 Å². The summed E-state index contributed by atoms with van der Waals surface area (Å²) in [6, 6.07) is 22.0. The van der Waals surface area contributed by atoms with E-state index in [1.165, 1.54) is 11.1 Å². The molecule has 0 spiro atoms. The molecule has 0 radical (unpaired) electrons. The first kappa shape index (κ1) is 16.5. The molecular weight excluding hydrogens is 324 g/mol. The summed E-state index contributed by atoms with van der Waals surface area (Å²) < 4.78 is 12.9. The summed E-state index contributed by atoms with van der Waals surface area (Å²) in [5.41, 5.74) is 1.75. The number of piperazine rings is 1. The second-order valence-corrected chi connectivity index (χ2v) is 7.83. The molecule has 0 saturated carbocycles. The van der Waals surface area contributed by atoms with E-state index in [0.29, 0.717) is 25.3 Å². The Bertz CT molecular complexity index is 716. The van der Waals surface area contributed by atoms with Crippen molar-refractivity contribution in [1.82, 2.24) is 9.80 Å². The zero-order chi connectivity index (χ0) is 17.8. The Kier molecular flexibility index (Phi) is 3.73. The number of hydrogen-bond acceptors (Lipinski definition) is 4. The average molecular weight is 350 g/mol. The quantitative estimate of drug-likeness (QED) is 0.827. The predicted octanol–water partition coefficient (Wildman–Crippen LogP) is 3.58. The van der Waals surface area contributed by atoms with Gasteiger partial charge in [0.05, 0.1) is 25.3 Å². The summed E-state index contributed by atoms with van der Waals surface area (Å²) in [6.45, 7) is 7.80. The maximum Gasteiger partial charge on any atom is 0.162 e. The van der Waals surface area contributed by atoms with Gasteiger partial charge in [0.1, 0.15) is 0 Å². The summed E-state index contributed by atoms with van der Waals surface area (Å²) in [5, 5.41) is 0. The lowest BCUT2D eigenvalue weighted by Gasteiger charge is -2.55. The SMILES string of the molecule is C[C@]12OC[C@@H](c3ccccc3)N1CCN1[C@H](c3ccccc3)CO[C@@]12C. The van der Waals surface area contributed by atoms with Crippen molar-refractivity contribution in [2.75, 3.05) is 26.3 Å². The van der Waals surface area contributed by atoms with Gasteiger partial charge in [-0.05, 0) is 25.0 Å². The molecule has 0 N–H and O–H groups in total. The topological polar surface area (TPSA) is 24.9 Å². The molecule has 0 amide bonds. The zero-order valence-electron chi connectivity index (χ0n) is 15.5.